The zero-order valence-electron chi connectivity index (χ0n) is 17.6. The molecule has 0 bridgehead atoms. The van der Waals surface area contributed by atoms with E-state index in [1.807, 2.05) is 19.1 Å². The molecule has 0 saturated carbocycles. The molecule has 0 radical (unpaired) electrons. The third-order valence-corrected chi connectivity index (χ3v) is 4.81. The highest BCUT2D eigenvalue weighted by Gasteiger charge is 2.13. The van der Waals surface area contributed by atoms with Crippen LogP contribution in [0.2, 0.25) is 0 Å². The van der Waals surface area contributed by atoms with Gasteiger partial charge in [0.15, 0.2) is 6.61 Å². The predicted molar refractivity (Wildman–Crippen MR) is 126 cm³/mol. The number of amides is 3. The number of benzene rings is 2. The highest BCUT2D eigenvalue weighted by molar-refractivity contribution is 9.10. The molecule has 0 atom stereocenters. The Hall–Kier alpha value is -3.92. The number of hydrogen-bond acceptors (Lipinski definition) is 6. The molecule has 0 spiro atoms. The van der Waals surface area contributed by atoms with Gasteiger partial charge in [-0.3, -0.25) is 14.4 Å². The molecule has 0 unspecified atom stereocenters. The zero-order valence-corrected chi connectivity index (χ0v) is 19.2. The van der Waals surface area contributed by atoms with Crippen LogP contribution in [-0.4, -0.2) is 30.5 Å². The summed E-state index contributed by atoms with van der Waals surface area (Å²) in [6.07, 6.45) is 2.79. The number of aryl methyl sites for hydroxylation is 1. The molecule has 3 amide bonds. The summed E-state index contributed by atoms with van der Waals surface area (Å²) >= 11 is 3.38. The molecule has 3 aromatic rings. The monoisotopic (exact) mass is 512 g/mol. The molecule has 2 aromatic carbocycles. The Morgan fingerprint density at radius 1 is 1.09 bits per heavy atom. The van der Waals surface area contributed by atoms with Crippen LogP contribution < -0.4 is 20.8 Å². The van der Waals surface area contributed by atoms with Crippen molar-refractivity contribution in [3.05, 3.63) is 82.2 Å². The first-order valence-corrected chi connectivity index (χ1v) is 10.6. The van der Waals surface area contributed by atoms with Gasteiger partial charge >= 0.3 is 11.8 Å². The Bertz CT molecular complexity index is 1160. The molecule has 0 aliphatic rings. The smallest absolute Gasteiger partial charge is 0.329 e. The molecule has 9 nitrogen and oxygen atoms in total. The molecular formula is C23H21BrN4O5. The van der Waals surface area contributed by atoms with E-state index in [0.29, 0.717) is 22.8 Å². The fourth-order valence-corrected chi connectivity index (χ4v) is 3.16. The quantitative estimate of drug-likeness (QED) is 0.243. The number of rotatable bonds is 8. The molecule has 0 aliphatic carbocycles. The van der Waals surface area contributed by atoms with Crippen molar-refractivity contribution >= 4 is 45.6 Å². The third kappa shape index (κ3) is 7.32. The highest BCUT2D eigenvalue weighted by atomic mass is 79.9. The van der Waals surface area contributed by atoms with Crippen molar-refractivity contribution in [2.24, 2.45) is 5.10 Å². The first-order valence-electron chi connectivity index (χ1n) is 9.84. The van der Waals surface area contributed by atoms with E-state index in [0.717, 1.165) is 10.0 Å². The molecule has 0 fully saturated rings. The fraction of sp³-hybridized carbons (Fsp3) is 0.130. The zero-order chi connectivity index (χ0) is 23.6. The summed E-state index contributed by atoms with van der Waals surface area (Å²) in [5.74, 6) is -1.20. The summed E-state index contributed by atoms with van der Waals surface area (Å²) in [5, 5.41) is 9.00. The number of carbonyl (C=O) groups excluding carboxylic acids is 3. The average molecular weight is 513 g/mol. The summed E-state index contributed by atoms with van der Waals surface area (Å²) in [6.45, 7) is 1.75. The lowest BCUT2D eigenvalue weighted by atomic mass is 10.2. The molecule has 0 saturated heterocycles. The van der Waals surface area contributed by atoms with E-state index < -0.39 is 11.8 Å². The van der Waals surface area contributed by atoms with Crippen molar-refractivity contribution < 1.29 is 23.5 Å². The third-order valence-electron chi connectivity index (χ3n) is 4.32. The largest absolute Gasteiger partial charge is 0.483 e. The topological polar surface area (TPSA) is 122 Å². The van der Waals surface area contributed by atoms with Crippen LogP contribution >= 0.6 is 15.9 Å². The van der Waals surface area contributed by atoms with Crippen molar-refractivity contribution in [1.82, 2.24) is 10.7 Å². The molecule has 3 N–H and O–H groups in total. The lowest BCUT2D eigenvalue weighted by molar-refractivity contribution is -0.139. The Balaban J connectivity index is 1.50. The second kappa shape index (κ2) is 11.6. The maximum absolute atomic E-state index is 12.3. The highest BCUT2D eigenvalue weighted by Crippen LogP contribution is 2.20. The van der Waals surface area contributed by atoms with Crippen molar-refractivity contribution in [3.8, 4) is 5.75 Å². The number of nitrogens with one attached hydrogen (secondary N) is 3. The van der Waals surface area contributed by atoms with E-state index in [-0.39, 0.29) is 19.1 Å². The summed E-state index contributed by atoms with van der Waals surface area (Å²) in [5.41, 5.74) is 4.26. The number of halogens is 1. The number of furan rings is 1. The summed E-state index contributed by atoms with van der Waals surface area (Å²) in [4.78, 5) is 35.9. The van der Waals surface area contributed by atoms with E-state index in [1.54, 1.807) is 42.5 Å². The average Bonchev–Trinajstić information content (AvgIpc) is 3.32. The minimum absolute atomic E-state index is 0.0848. The minimum Gasteiger partial charge on any atom is -0.483 e. The molecule has 1 aromatic heterocycles. The summed E-state index contributed by atoms with van der Waals surface area (Å²) < 4.78 is 11.6. The van der Waals surface area contributed by atoms with Gasteiger partial charge in [-0.15, -0.1) is 0 Å². The number of ether oxygens (including phenoxy) is 1. The first kappa shape index (κ1) is 23.7. The van der Waals surface area contributed by atoms with Gasteiger partial charge in [0.05, 0.1) is 19.0 Å². The van der Waals surface area contributed by atoms with Crippen LogP contribution in [0.3, 0.4) is 0 Å². The van der Waals surface area contributed by atoms with Crippen LogP contribution in [0.4, 0.5) is 5.69 Å². The molecular weight excluding hydrogens is 492 g/mol. The van der Waals surface area contributed by atoms with E-state index in [1.165, 1.54) is 12.5 Å². The number of anilines is 1. The second-order valence-corrected chi connectivity index (χ2v) is 7.71. The number of carbonyl (C=O) groups is 3. The fourth-order valence-electron chi connectivity index (χ4n) is 2.69. The molecule has 170 valence electrons. The molecule has 33 heavy (non-hydrogen) atoms. The number of para-hydroxylation sites is 1. The molecule has 0 aliphatic heterocycles. The molecule has 10 heteroatoms. The lowest BCUT2D eigenvalue weighted by Crippen LogP contribution is -2.37. The van der Waals surface area contributed by atoms with Crippen LogP contribution in [0.1, 0.15) is 16.9 Å². The van der Waals surface area contributed by atoms with Crippen LogP contribution in [0, 0.1) is 6.92 Å². The van der Waals surface area contributed by atoms with E-state index in [9.17, 15) is 14.4 Å². The molecule has 3 rings (SSSR count). The lowest BCUT2D eigenvalue weighted by Gasteiger charge is -2.11. The molecule has 1 heterocycles. The number of hydrogen-bond donors (Lipinski definition) is 3. The van der Waals surface area contributed by atoms with E-state index in [2.05, 4.69) is 37.1 Å². The second-order valence-electron chi connectivity index (χ2n) is 6.80. The minimum atomic E-state index is -0.930. The van der Waals surface area contributed by atoms with Gasteiger partial charge in [-0.2, -0.15) is 5.10 Å². The van der Waals surface area contributed by atoms with Crippen LogP contribution in [-0.2, 0) is 20.9 Å². The number of hydrazone groups is 1. The number of nitrogens with zero attached hydrogens (tertiary/aromatic N) is 1. The van der Waals surface area contributed by atoms with Gasteiger partial charge < -0.3 is 19.8 Å². The Morgan fingerprint density at radius 3 is 2.67 bits per heavy atom. The Kier molecular flexibility index (Phi) is 8.36. The van der Waals surface area contributed by atoms with E-state index >= 15 is 0 Å². The predicted octanol–water partition coefficient (Wildman–Crippen LogP) is 3.13. The van der Waals surface area contributed by atoms with Crippen molar-refractivity contribution in [2.75, 3.05) is 11.9 Å². The van der Waals surface area contributed by atoms with Crippen molar-refractivity contribution in [3.63, 3.8) is 0 Å². The summed E-state index contributed by atoms with van der Waals surface area (Å²) in [6, 6.07) is 15.7. The van der Waals surface area contributed by atoms with Crippen LogP contribution in [0.15, 0.2) is 74.9 Å². The van der Waals surface area contributed by atoms with Gasteiger partial charge in [-0.05, 0) is 55.0 Å². The van der Waals surface area contributed by atoms with Gasteiger partial charge in [0.2, 0.25) is 0 Å². The maximum atomic E-state index is 12.3. The maximum Gasteiger partial charge on any atom is 0.329 e. The van der Waals surface area contributed by atoms with Gasteiger partial charge in [0.25, 0.3) is 5.91 Å². The summed E-state index contributed by atoms with van der Waals surface area (Å²) in [7, 11) is 0. The van der Waals surface area contributed by atoms with E-state index in [4.69, 9.17) is 9.15 Å². The van der Waals surface area contributed by atoms with Crippen LogP contribution in [0.5, 0.6) is 5.75 Å². The Morgan fingerprint density at radius 2 is 1.91 bits per heavy atom. The van der Waals surface area contributed by atoms with Gasteiger partial charge in [0.1, 0.15) is 11.5 Å². The Labute approximate surface area is 198 Å². The normalized spacial score (nSPS) is 10.6. The van der Waals surface area contributed by atoms with Gasteiger partial charge in [-0.1, -0.05) is 28.1 Å². The standard InChI is InChI=1S/C23H21BrN4O5/c1-15-11-17(24)8-9-19(15)27-21(29)14-33-20-7-3-2-5-16(20)12-26-28-23(31)22(30)25-13-18-6-4-10-32-18/h2-12H,13-14H2,1H3,(H,25,30)(H,27,29)(H,28,31)/b26-12-. The van der Waals surface area contributed by atoms with Gasteiger partial charge in [-0.25, -0.2) is 5.43 Å². The van der Waals surface area contributed by atoms with Crippen molar-refractivity contribution in [2.45, 2.75) is 13.5 Å². The van der Waals surface area contributed by atoms with Crippen LogP contribution in [0.25, 0.3) is 0 Å². The SMILES string of the molecule is Cc1cc(Br)ccc1NC(=O)COc1ccccc1/C=N\NC(=O)C(=O)NCc1ccco1. The first-order chi connectivity index (χ1) is 15.9. The van der Waals surface area contributed by atoms with Crippen molar-refractivity contribution in [1.29, 1.82) is 0 Å². The van der Waals surface area contributed by atoms with Gasteiger partial charge in [0, 0.05) is 15.7 Å².